The minimum Gasteiger partial charge on any atom is -0.483 e. The maximum absolute atomic E-state index is 11.9. The van der Waals surface area contributed by atoms with Crippen molar-refractivity contribution >= 4 is 11.9 Å². The zero-order valence-corrected chi connectivity index (χ0v) is 11.3. The first-order chi connectivity index (χ1) is 9.58. The maximum atomic E-state index is 11.9. The molecule has 0 aromatic heterocycles. The Balaban J connectivity index is 1.93. The molecule has 108 valence electrons. The number of rotatable bonds is 4. The Morgan fingerprint density at radius 3 is 2.65 bits per heavy atom. The van der Waals surface area contributed by atoms with Crippen LogP contribution in [0.2, 0.25) is 0 Å². The number of aryl methyl sites for hydroxylation is 1. The minimum atomic E-state index is -0.982. The summed E-state index contributed by atoms with van der Waals surface area (Å²) in [6.07, 6.45) is 0. The molecule has 1 N–H and O–H groups in total. The predicted molar refractivity (Wildman–Crippen MR) is 71.0 cm³/mol. The highest BCUT2D eigenvalue weighted by Gasteiger charge is 2.17. The van der Waals surface area contributed by atoms with Crippen molar-refractivity contribution in [1.82, 2.24) is 4.90 Å². The lowest BCUT2D eigenvalue weighted by molar-refractivity contribution is -0.137. The largest absolute Gasteiger partial charge is 0.483 e. The van der Waals surface area contributed by atoms with E-state index in [1.54, 1.807) is 17.9 Å². The van der Waals surface area contributed by atoms with E-state index in [2.05, 4.69) is 0 Å². The summed E-state index contributed by atoms with van der Waals surface area (Å²) in [7, 11) is 0. The van der Waals surface area contributed by atoms with Gasteiger partial charge >= 0.3 is 5.97 Å². The average Bonchev–Trinajstić information content (AvgIpc) is 2.46. The van der Waals surface area contributed by atoms with E-state index in [0.717, 1.165) is 0 Å². The monoisotopic (exact) mass is 279 g/mol. The van der Waals surface area contributed by atoms with Gasteiger partial charge in [0.1, 0.15) is 5.75 Å². The Kier molecular flexibility index (Phi) is 4.57. The summed E-state index contributed by atoms with van der Waals surface area (Å²) < 4.78 is 10.6. The van der Waals surface area contributed by atoms with Gasteiger partial charge in [-0.2, -0.15) is 0 Å². The highest BCUT2D eigenvalue weighted by molar-refractivity contribution is 5.88. The van der Waals surface area contributed by atoms with E-state index < -0.39 is 5.97 Å². The maximum Gasteiger partial charge on any atom is 0.335 e. The Labute approximate surface area is 116 Å². The van der Waals surface area contributed by atoms with Gasteiger partial charge in [0.25, 0.3) is 5.91 Å². The molecule has 0 spiro atoms. The summed E-state index contributed by atoms with van der Waals surface area (Å²) in [5.41, 5.74) is 0.897. The first-order valence-electron chi connectivity index (χ1n) is 6.40. The van der Waals surface area contributed by atoms with Crippen LogP contribution in [0.3, 0.4) is 0 Å². The fourth-order valence-corrected chi connectivity index (χ4v) is 1.99. The molecule has 1 aromatic carbocycles. The van der Waals surface area contributed by atoms with E-state index in [1.165, 1.54) is 12.1 Å². The average molecular weight is 279 g/mol. The minimum absolute atomic E-state index is 0.0484. The molecule has 1 amide bonds. The number of ether oxygens (including phenoxy) is 2. The normalized spacial score (nSPS) is 14.9. The highest BCUT2D eigenvalue weighted by Crippen LogP contribution is 2.19. The van der Waals surface area contributed by atoms with Gasteiger partial charge in [-0.3, -0.25) is 4.79 Å². The Hall–Kier alpha value is -2.08. The second-order valence-corrected chi connectivity index (χ2v) is 4.57. The van der Waals surface area contributed by atoms with Gasteiger partial charge in [-0.05, 0) is 30.7 Å². The SMILES string of the molecule is Cc1cc(C(=O)O)ccc1OCC(=O)N1CCOCC1. The van der Waals surface area contributed by atoms with Crippen LogP contribution in [-0.4, -0.2) is 54.8 Å². The van der Waals surface area contributed by atoms with E-state index in [-0.39, 0.29) is 18.1 Å². The molecular weight excluding hydrogens is 262 g/mol. The van der Waals surface area contributed by atoms with E-state index >= 15 is 0 Å². The first kappa shape index (κ1) is 14.3. The van der Waals surface area contributed by atoms with Crippen LogP contribution in [0, 0.1) is 6.92 Å². The van der Waals surface area contributed by atoms with E-state index in [4.69, 9.17) is 14.6 Å². The van der Waals surface area contributed by atoms with Crippen LogP contribution < -0.4 is 4.74 Å². The molecule has 0 bridgehead atoms. The Morgan fingerprint density at radius 1 is 1.35 bits per heavy atom. The molecule has 0 aliphatic carbocycles. The molecule has 6 nitrogen and oxygen atoms in total. The van der Waals surface area contributed by atoms with Crippen LogP contribution in [-0.2, 0) is 9.53 Å². The van der Waals surface area contributed by atoms with Crippen molar-refractivity contribution in [2.24, 2.45) is 0 Å². The van der Waals surface area contributed by atoms with Gasteiger partial charge in [0.2, 0.25) is 0 Å². The number of carbonyl (C=O) groups excluding carboxylic acids is 1. The number of carbonyl (C=O) groups is 2. The molecule has 20 heavy (non-hydrogen) atoms. The molecule has 1 aromatic rings. The molecule has 0 radical (unpaired) electrons. The number of hydrogen-bond acceptors (Lipinski definition) is 4. The number of carboxylic acids is 1. The molecule has 1 saturated heterocycles. The fraction of sp³-hybridized carbons (Fsp3) is 0.429. The third-order valence-electron chi connectivity index (χ3n) is 3.14. The number of amides is 1. The van der Waals surface area contributed by atoms with Crippen molar-refractivity contribution < 1.29 is 24.2 Å². The van der Waals surface area contributed by atoms with Crippen molar-refractivity contribution in [1.29, 1.82) is 0 Å². The van der Waals surface area contributed by atoms with Crippen LogP contribution in [0.15, 0.2) is 18.2 Å². The summed E-state index contributed by atoms with van der Waals surface area (Å²) in [4.78, 5) is 24.4. The van der Waals surface area contributed by atoms with Gasteiger partial charge in [0, 0.05) is 13.1 Å². The Bertz CT molecular complexity index is 508. The lowest BCUT2D eigenvalue weighted by Gasteiger charge is -2.26. The standard InChI is InChI=1S/C14H17NO5/c1-10-8-11(14(17)18)2-3-12(10)20-9-13(16)15-4-6-19-7-5-15/h2-3,8H,4-7,9H2,1H3,(H,17,18). The topological polar surface area (TPSA) is 76.1 Å². The molecule has 1 heterocycles. The summed E-state index contributed by atoms with van der Waals surface area (Å²) in [5, 5.41) is 8.88. The van der Waals surface area contributed by atoms with Crippen LogP contribution in [0.5, 0.6) is 5.75 Å². The van der Waals surface area contributed by atoms with Gasteiger partial charge in [-0.15, -0.1) is 0 Å². The number of carboxylic acid groups (broad SMARTS) is 1. The molecule has 0 saturated carbocycles. The van der Waals surface area contributed by atoms with Gasteiger partial charge in [0.15, 0.2) is 6.61 Å². The van der Waals surface area contributed by atoms with E-state index in [9.17, 15) is 9.59 Å². The molecule has 2 rings (SSSR count). The molecule has 6 heteroatoms. The summed E-state index contributed by atoms with van der Waals surface area (Å²) in [6.45, 7) is 3.97. The molecular formula is C14H17NO5. The first-order valence-corrected chi connectivity index (χ1v) is 6.40. The predicted octanol–water partition coefficient (Wildman–Crippen LogP) is 0.931. The second-order valence-electron chi connectivity index (χ2n) is 4.57. The van der Waals surface area contributed by atoms with Crippen molar-refractivity contribution in [3.8, 4) is 5.75 Å². The summed E-state index contributed by atoms with van der Waals surface area (Å²) >= 11 is 0. The number of hydrogen-bond donors (Lipinski definition) is 1. The van der Waals surface area contributed by atoms with Crippen molar-refractivity contribution in [3.63, 3.8) is 0 Å². The van der Waals surface area contributed by atoms with Gasteiger partial charge in [-0.1, -0.05) is 0 Å². The lowest BCUT2D eigenvalue weighted by atomic mass is 10.1. The number of aromatic carboxylic acids is 1. The highest BCUT2D eigenvalue weighted by atomic mass is 16.5. The number of nitrogens with zero attached hydrogens (tertiary/aromatic N) is 1. The van der Waals surface area contributed by atoms with Crippen molar-refractivity contribution in [2.75, 3.05) is 32.9 Å². The smallest absolute Gasteiger partial charge is 0.335 e. The number of benzene rings is 1. The van der Waals surface area contributed by atoms with Crippen LogP contribution in [0.25, 0.3) is 0 Å². The molecule has 0 unspecified atom stereocenters. The van der Waals surface area contributed by atoms with Crippen molar-refractivity contribution in [2.45, 2.75) is 6.92 Å². The summed E-state index contributed by atoms with van der Waals surface area (Å²) in [5.74, 6) is -0.546. The second kappa shape index (κ2) is 6.38. The molecule has 1 aliphatic rings. The molecule has 0 atom stereocenters. The van der Waals surface area contributed by atoms with Gasteiger partial charge in [0.05, 0.1) is 18.8 Å². The zero-order valence-electron chi connectivity index (χ0n) is 11.3. The Morgan fingerprint density at radius 2 is 2.05 bits per heavy atom. The third-order valence-corrected chi connectivity index (χ3v) is 3.14. The zero-order chi connectivity index (χ0) is 14.5. The van der Waals surface area contributed by atoms with Crippen LogP contribution >= 0.6 is 0 Å². The van der Waals surface area contributed by atoms with Crippen LogP contribution in [0.1, 0.15) is 15.9 Å². The van der Waals surface area contributed by atoms with Gasteiger partial charge < -0.3 is 19.5 Å². The number of morpholine rings is 1. The summed E-state index contributed by atoms with van der Waals surface area (Å²) in [6, 6.07) is 4.56. The molecule has 1 fully saturated rings. The fourth-order valence-electron chi connectivity index (χ4n) is 1.99. The lowest BCUT2D eigenvalue weighted by Crippen LogP contribution is -2.43. The molecule has 1 aliphatic heterocycles. The van der Waals surface area contributed by atoms with E-state index in [1.807, 2.05) is 0 Å². The van der Waals surface area contributed by atoms with Gasteiger partial charge in [-0.25, -0.2) is 4.79 Å². The van der Waals surface area contributed by atoms with E-state index in [0.29, 0.717) is 37.6 Å². The van der Waals surface area contributed by atoms with Crippen LogP contribution in [0.4, 0.5) is 0 Å². The third kappa shape index (κ3) is 3.48. The van der Waals surface area contributed by atoms with Crippen molar-refractivity contribution in [3.05, 3.63) is 29.3 Å². The quantitative estimate of drug-likeness (QED) is 0.887.